The molecule has 0 unspecified atom stereocenters. The molecule has 0 saturated heterocycles. The number of hydrogen-bond donors (Lipinski definition) is 0. The molecule has 1 heterocycles. The second kappa shape index (κ2) is 4.95. The van der Waals surface area contributed by atoms with Crippen molar-refractivity contribution in [2.45, 2.75) is 13.3 Å². The van der Waals surface area contributed by atoms with Crippen molar-refractivity contribution in [1.29, 1.82) is 0 Å². The van der Waals surface area contributed by atoms with Crippen LogP contribution in [0.1, 0.15) is 23.1 Å². The number of carbonyl (C=O) groups is 1. The average Bonchev–Trinajstić information content (AvgIpc) is 2.81. The lowest BCUT2D eigenvalue weighted by atomic mass is 10.2. The molecule has 18 heavy (non-hydrogen) atoms. The van der Waals surface area contributed by atoms with Gasteiger partial charge in [0.15, 0.2) is 5.69 Å². The van der Waals surface area contributed by atoms with E-state index >= 15 is 0 Å². The number of benzene rings is 1. The van der Waals surface area contributed by atoms with E-state index in [1.165, 1.54) is 23.9 Å². The maximum absolute atomic E-state index is 13.2. The van der Waals surface area contributed by atoms with Crippen molar-refractivity contribution < 1.29 is 13.9 Å². The second-order valence-corrected chi connectivity index (χ2v) is 3.62. The number of rotatable bonds is 3. The minimum atomic E-state index is -0.547. The Morgan fingerprint density at radius 1 is 1.50 bits per heavy atom. The summed E-state index contributed by atoms with van der Waals surface area (Å²) >= 11 is 0. The standard InChI is InChI=1S/C12H12FN3O2/c1-3-10-11(12(17)18-2)14-15-16(10)9-6-4-5-8(13)7-9/h4-7H,3H2,1-2H3. The zero-order valence-electron chi connectivity index (χ0n) is 10.1. The largest absolute Gasteiger partial charge is 0.464 e. The van der Waals surface area contributed by atoms with Crippen molar-refractivity contribution in [3.63, 3.8) is 0 Å². The van der Waals surface area contributed by atoms with E-state index in [0.717, 1.165) is 0 Å². The molecule has 94 valence electrons. The van der Waals surface area contributed by atoms with Gasteiger partial charge in [0.2, 0.25) is 0 Å². The van der Waals surface area contributed by atoms with Crippen LogP contribution in [0.25, 0.3) is 5.69 Å². The summed E-state index contributed by atoms with van der Waals surface area (Å²) < 4.78 is 19.2. The van der Waals surface area contributed by atoms with Crippen LogP contribution in [0.4, 0.5) is 4.39 Å². The summed E-state index contributed by atoms with van der Waals surface area (Å²) in [6.07, 6.45) is 0.536. The lowest BCUT2D eigenvalue weighted by Gasteiger charge is -2.05. The Bertz CT molecular complexity index is 580. The number of carbonyl (C=O) groups excluding carboxylic acids is 1. The summed E-state index contributed by atoms with van der Waals surface area (Å²) in [6, 6.07) is 5.93. The van der Waals surface area contributed by atoms with E-state index in [2.05, 4.69) is 15.0 Å². The Labute approximate surface area is 103 Å². The fourth-order valence-electron chi connectivity index (χ4n) is 1.69. The first-order chi connectivity index (χ1) is 8.67. The van der Waals surface area contributed by atoms with Crippen molar-refractivity contribution in [1.82, 2.24) is 15.0 Å². The van der Waals surface area contributed by atoms with Crippen LogP contribution in [-0.4, -0.2) is 28.1 Å². The van der Waals surface area contributed by atoms with Gasteiger partial charge < -0.3 is 4.74 Å². The Morgan fingerprint density at radius 3 is 2.89 bits per heavy atom. The SMILES string of the molecule is CCc1c(C(=O)OC)nnn1-c1cccc(F)c1. The highest BCUT2D eigenvalue weighted by Gasteiger charge is 2.19. The van der Waals surface area contributed by atoms with E-state index in [1.54, 1.807) is 12.1 Å². The lowest BCUT2D eigenvalue weighted by Crippen LogP contribution is -2.08. The van der Waals surface area contributed by atoms with Gasteiger partial charge in [0, 0.05) is 0 Å². The van der Waals surface area contributed by atoms with Crippen LogP contribution in [0.3, 0.4) is 0 Å². The third-order valence-electron chi connectivity index (χ3n) is 2.53. The van der Waals surface area contributed by atoms with Crippen LogP contribution in [0.15, 0.2) is 24.3 Å². The number of esters is 1. The van der Waals surface area contributed by atoms with Gasteiger partial charge in [0.25, 0.3) is 0 Å². The fourth-order valence-corrected chi connectivity index (χ4v) is 1.69. The number of hydrogen-bond acceptors (Lipinski definition) is 4. The molecule has 0 bridgehead atoms. The fraction of sp³-hybridized carbons (Fsp3) is 0.250. The second-order valence-electron chi connectivity index (χ2n) is 3.62. The molecule has 2 rings (SSSR count). The van der Waals surface area contributed by atoms with Gasteiger partial charge in [-0.15, -0.1) is 5.10 Å². The zero-order valence-corrected chi connectivity index (χ0v) is 10.1. The van der Waals surface area contributed by atoms with Crippen molar-refractivity contribution in [2.24, 2.45) is 0 Å². The first-order valence-corrected chi connectivity index (χ1v) is 5.46. The highest BCUT2D eigenvalue weighted by Crippen LogP contribution is 2.15. The topological polar surface area (TPSA) is 57.0 Å². The first kappa shape index (κ1) is 12.2. The summed E-state index contributed by atoms with van der Waals surface area (Å²) in [5.41, 5.74) is 1.27. The molecule has 0 N–H and O–H groups in total. The van der Waals surface area contributed by atoms with Gasteiger partial charge in [0.05, 0.1) is 18.5 Å². The van der Waals surface area contributed by atoms with E-state index in [-0.39, 0.29) is 11.5 Å². The number of ether oxygens (including phenoxy) is 1. The molecule has 0 radical (unpaired) electrons. The zero-order chi connectivity index (χ0) is 13.1. The number of nitrogens with zero attached hydrogens (tertiary/aromatic N) is 3. The van der Waals surface area contributed by atoms with E-state index < -0.39 is 5.97 Å². The maximum Gasteiger partial charge on any atom is 0.360 e. The van der Waals surface area contributed by atoms with Crippen LogP contribution in [0.2, 0.25) is 0 Å². The Kier molecular flexibility index (Phi) is 3.36. The van der Waals surface area contributed by atoms with Crippen LogP contribution < -0.4 is 0 Å². The highest BCUT2D eigenvalue weighted by molar-refractivity contribution is 5.88. The molecule has 1 aromatic carbocycles. The van der Waals surface area contributed by atoms with Crippen molar-refractivity contribution in [3.05, 3.63) is 41.5 Å². The molecule has 0 aliphatic heterocycles. The molecular formula is C12H12FN3O2. The van der Waals surface area contributed by atoms with Gasteiger partial charge in [-0.3, -0.25) is 0 Å². The molecule has 0 aliphatic rings. The molecule has 1 aromatic heterocycles. The quantitative estimate of drug-likeness (QED) is 0.778. The van der Waals surface area contributed by atoms with Gasteiger partial charge in [-0.25, -0.2) is 13.9 Å². The van der Waals surface area contributed by atoms with Crippen molar-refractivity contribution in [3.8, 4) is 5.69 Å². The molecule has 0 aliphatic carbocycles. The number of methoxy groups -OCH3 is 1. The van der Waals surface area contributed by atoms with E-state index in [9.17, 15) is 9.18 Å². The van der Waals surface area contributed by atoms with Gasteiger partial charge in [-0.05, 0) is 24.6 Å². The normalized spacial score (nSPS) is 10.4. The minimum absolute atomic E-state index is 0.157. The van der Waals surface area contributed by atoms with Crippen LogP contribution in [0.5, 0.6) is 0 Å². The molecule has 0 spiro atoms. The number of halogens is 1. The molecule has 2 aromatic rings. The van der Waals surface area contributed by atoms with E-state index in [1.807, 2.05) is 6.92 Å². The molecule has 0 saturated carbocycles. The monoisotopic (exact) mass is 249 g/mol. The smallest absolute Gasteiger partial charge is 0.360 e. The van der Waals surface area contributed by atoms with Crippen molar-refractivity contribution >= 4 is 5.97 Å². The summed E-state index contributed by atoms with van der Waals surface area (Å²) in [6.45, 7) is 1.86. The van der Waals surface area contributed by atoms with Crippen LogP contribution in [0, 0.1) is 5.82 Å². The lowest BCUT2D eigenvalue weighted by molar-refractivity contribution is 0.0592. The molecule has 0 fully saturated rings. The average molecular weight is 249 g/mol. The third kappa shape index (κ3) is 2.09. The Balaban J connectivity index is 2.52. The number of aromatic nitrogens is 3. The first-order valence-electron chi connectivity index (χ1n) is 5.46. The Morgan fingerprint density at radius 2 is 2.28 bits per heavy atom. The third-order valence-corrected chi connectivity index (χ3v) is 2.53. The Hall–Kier alpha value is -2.24. The summed E-state index contributed by atoms with van der Waals surface area (Å²) in [5, 5.41) is 7.65. The van der Waals surface area contributed by atoms with Crippen LogP contribution in [-0.2, 0) is 11.2 Å². The van der Waals surface area contributed by atoms with E-state index in [4.69, 9.17) is 0 Å². The predicted molar refractivity (Wildman–Crippen MR) is 62.0 cm³/mol. The molecule has 0 amide bonds. The summed E-state index contributed by atoms with van der Waals surface area (Å²) in [5.74, 6) is -0.917. The van der Waals surface area contributed by atoms with Gasteiger partial charge in [0.1, 0.15) is 5.82 Å². The minimum Gasteiger partial charge on any atom is -0.464 e. The molecule has 0 atom stereocenters. The van der Waals surface area contributed by atoms with Crippen LogP contribution >= 0.6 is 0 Å². The summed E-state index contributed by atoms with van der Waals surface area (Å²) in [4.78, 5) is 11.5. The molecular weight excluding hydrogens is 237 g/mol. The van der Waals surface area contributed by atoms with Gasteiger partial charge in [-0.2, -0.15) is 0 Å². The predicted octanol–water partition coefficient (Wildman–Crippen LogP) is 1.76. The van der Waals surface area contributed by atoms with Gasteiger partial charge in [-0.1, -0.05) is 18.2 Å². The maximum atomic E-state index is 13.2. The van der Waals surface area contributed by atoms with Gasteiger partial charge >= 0.3 is 5.97 Å². The van der Waals surface area contributed by atoms with E-state index in [0.29, 0.717) is 17.8 Å². The molecule has 6 heteroatoms. The summed E-state index contributed by atoms with van der Waals surface area (Å²) in [7, 11) is 1.28. The molecule has 5 nitrogen and oxygen atoms in total. The highest BCUT2D eigenvalue weighted by atomic mass is 19.1. The van der Waals surface area contributed by atoms with Crippen molar-refractivity contribution in [2.75, 3.05) is 7.11 Å².